The van der Waals surface area contributed by atoms with Crippen LogP contribution in [0.5, 0.6) is 0 Å². The fourth-order valence-electron chi connectivity index (χ4n) is 1.41. The number of amides is 1. The molecule has 0 heterocycles. The van der Waals surface area contributed by atoms with Gasteiger partial charge in [0.25, 0.3) is 0 Å². The van der Waals surface area contributed by atoms with Crippen molar-refractivity contribution in [3.63, 3.8) is 0 Å². The molecule has 1 unspecified atom stereocenters. The fraction of sp³-hybridized carbons (Fsp3) is 0.417. The lowest BCUT2D eigenvalue weighted by Crippen LogP contribution is -2.26. The highest BCUT2D eigenvalue weighted by Crippen LogP contribution is 2.32. The van der Waals surface area contributed by atoms with Crippen molar-refractivity contribution in [1.29, 1.82) is 0 Å². The third-order valence-corrected chi connectivity index (χ3v) is 2.53. The van der Waals surface area contributed by atoms with Crippen molar-refractivity contribution in [2.45, 2.75) is 32.0 Å². The highest BCUT2D eigenvalue weighted by molar-refractivity contribution is 5.91. The maximum Gasteiger partial charge on any atom is 0.419 e. The first-order valence-corrected chi connectivity index (χ1v) is 5.66. The monoisotopic (exact) mass is 278 g/mol. The summed E-state index contributed by atoms with van der Waals surface area (Å²) >= 11 is 0. The number of carbonyl (C=O) groups is 1. The zero-order valence-electron chi connectivity index (χ0n) is 10.2. The minimum Gasteiger partial charge on any atom is -0.327 e. The molecule has 1 amide bonds. The maximum atomic E-state index is 13.0. The molecule has 0 aliphatic carbocycles. The minimum atomic E-state index is -4.80. The van der Waals surface area contributed by atoms with Gasteiger partial charge in [-0.15, -0.1) is 0 Å². The van der Waals surface area contributed by atoms with Crippen LogP contribution in [0.25, 0.3) is 0 Å². The van der Waals surface area contributed by atoms with E-state index in [1.165, 1.54) is 0 Å². The van der Waals surface area contributed by atoms with Crippen LogP contribution in [-0.2, 0) is 11.0 Å². The van der Waals surface area contributed by atoms with E-state index in [1.807, 2.05) is 0 Å². The van der Waals surface area contributed by atoms with Crippen molar-refractivity contribution in [2.75, 3.05) is 5.32 Å². The highest BCUT2D eigenvalue weighted by atomic mass is 19.4. The first-order chi connectivity index (χ1) is 8.74. The van der Waals surface area contributed by atoms with Crippen LogP contribution in [0.15, 0.2) is 18.2 Å². The molecule has 0 aliphatic heterocycles. The van der Waals surface area contributed by atoms with E-state index in [9.17, 15) is 22.4 Å². The van der Waals surface area contributed by atoms with Gasteiger partial charge < -0.3 is 11.1 Å². The van der Waals surface area contributed by atoms with Gasteiger partial charge in [0.2, 0.25) is 5.91 Å². The van der Waals surface area contributed by atoms with Gasteiger partial charge in [0.05, 0.1) is 5.56 Å². The normalized spacial score (nSPS) is 13.2. The van der Waals surface area contributed by atoms with Gasteiger partial charge in [0.15, 0.2) is 0 Å². The summed E-state index contributed by atoms with van der Waals surface area (Å²) in [5, 5.41) is 2.26. The summed E-state index contributed by atoms with van der Waals surface area (Å²) in [5.74, 6) is -1.88. The third-order valence-electron chi connectivity index (χ3n) is 2.53. The zero-order valence-corrected chi connectivity index (χ0v) is 10.2. The number of halogens is 4. The van der Waals surface area contributed by atoms with E-state index >= 15 is 0 Å². The Bertz CT molecular complexity index is 460. The van der Waals surface area contributed by atoms with Crippen LogP contribution in [0, 0.1) is 5.82 Å². The Labute approximate surface area is 107 Å². The molecule has 19 heavy (non-hydrogen) atoms. The predicted molar refractivity (Wildman–Crippen MR) is 62.9 cm³/mol. The molecule has 0 saturated carbocycles. The minimum absolute atomic E-state index is 0.00473. The molecule has 0 spiro atoms. The van der Waals surface area contributed by atoms with Gasteiger partial charge in [-0.2, -0.15) is 13.2 Å². The lowest BCUT2D eigenvalue weighted by molar-refractivity contribution is -0.140. The Morgan fingerprint density at radius 1 is 1.42 bits per heavy atom. The van der Waals surface area contributed by atoms with Crippen LogP contribution >= 0.6 is 0 Å². The zero-order chi connectivity index (χ0) is 14.6. The number of benzene rings is 1. The summed E-state index contributed by atoms with van der Waals surface area (Å²) in [7, 11) is 0. The molecule has 0 saturated heterocycles. The molecule has 0 fully saturated rings. The second kappa shape index (κ2) is 6.01. The van der Waals surface area contributed by atoms with Crippen molar-refractivity contribution in [2.24, 2.45) is 5.73 Å². The van der Waals surface area contributed by atoms with Crippen LogP contribution in [-0.4, -0.2) is 11.9 Å². The van der Waals surface area contributed by atoms with Crippen LogP contribution in [0.1, 0.15) is 25.3 Å². The van der Waals surface area contributed by atoms with E-state index in [4.69, 9.17) is 5.73 Å². The van der Waals surface area contributed by atoms with Gasteiger partial charge in [-0.1, -0.05) is 6.92 Å². The van der Waals surface area contributed by atoms with Crippen LogP contribution < -0.4 is 11.1 Å². The van der Waals surface area contributed by atoms with E-state index in [0.717, 1.165) is 6.07 Å². The van der Waals surface area contributed by atoms with Gasteiger partial charge in [-0.05, 0) is 24.6 Å². The van der Waals surface area contributed by atoms with Crippen molar-refractivity contribution in [3.8, 4) is 0 Å². The largest absolute Gasteiger partial charge is 0.419 e. The van der Waals surface area contributed by atoms with Crippen molar-refractivity contribution >= 4 is 11.6 Å². The van der Waals surface area contributed by atoms with Crippen molar-refractivity contribution in [3.05, 3.63) is 29.6 Å². The topological polar surface area (TPSA) is 55.1 Å². The molecule has 3 nitrogen and oxygen atoms in total. The Balaban J connectivity index is 2.83. The summed E-state index contributed by atoms with van der Waals surface area (Å²) in [6.45, 7) is 1.79. The van der Waals surface area contributed by atoms with Gasteiger partial charge in [0, 0.05) is 18.2 Å². The summed E-state index contributed by atoms with van der Waals surface area (Å²) in [4.78, 5) is 11.5. The predicted octanol–water partition coefficient (Wildman–Crippen LogP) is 2.91. The van der Waals surface area contributed by atoms with Gasteiger partial charge in [-0.25, -0.2) is 4.39 Å². The second-order valence-electron chi connectivity index (χ2n) is 4.11. The van der Waals surface area contributed by atoms with Crippen LogP contribution in [0.4, 0.5) is 23.2 Å². The molecule has 106 valence electrons. The molecule has 7 heteroatoms. The quantitative estimate of drug-likeness (QED) is 0.832. The Morgan fingerprint density at radius 2 is 2.05 bits per heavy atom. The van der Waals surface area contributed by atoms with Crippen LogP contribution in [0.2, 0.25) is 0 Å². The number of nitrogens with one attached hydrogen (secondary N) is 1. The van der Waals surface area contributed by atoms with Gasteiger partial charge >= 0.3 is 6.18 Å². The summed E-state index contributed by atoms with van der Waals surface area (Å²) in [6, 6.07) is 1.94. The Hall–Kier alpha value is -1.63. The molecule has 1 aromatic carbocycles. The summed E-state index contributed by atoms with van der Waals surface area (Å²) in [5.41, 5.74) is 4.03. The number of hydrogen-bond acceptors (Lipinski definition) is 2. The molecule has 1 aromatic rings. The first kappa shape index (κ1) is 15.4. The smallest absolute Gasteiger partial charge is 0.327 e. The summed E-state index contributed by atoms with van der Waals surface area (Å²) in [6.07, 6.45) is -4.23. The fourth-order valence-corrected chi connectivity index (χ4v) is 1.41. The average Bonchev–Trinajstić information content (AvgIpc) is 2.29. The average molecular weight is 278 g/mol. The number of nitrogens with two attached hydrogens (primary N) is 1. The van der Waals surface area contributed by atoms with Gasteiger partial charge in [-0.3, -0.25) is 4.79 Å². The Morgan fingerprint density at radius 3 is 2.58 bits per heavy atom. The van der Waals surface area contributed by atoms with E-state index in [0.29, 0.717) is 18.6 Å². The van der Waals surface area contributed by atoms with Gasteiger partial charge in [0.1, 0.15) is 5.82 Å². The number of alkyl halides is 3. The van der Waals surface area contributed by atoms with E-state index < -0.39 is 23.5 Å². The molecule has 1 atom stereocenters. The molecule has 0 radical (unpaired) electrons. The number of hydrogen-bond donors (Lipinski definition) is 2. The van der Waals surface area contributed by atoms with Crippen molar-refractivity contribution < 1.29 is 22.4 Å². The van der Waals surface area contributed by atoms with E-state index in [1.54, 1.807) is 6.92 Å². The Kier molecular flexibility index (Phi) is 4.88. The lowest BCUT2D eigenvalue weighted by Gasteiger charge is -2.12. The summed E-state index contributed by atoms with van der Waals surface area (Å²) < 4.78 is 50.4. The van der Waals surface area contributed by atoms with Crippen LogP contribution in [0.3, 0.4) is 0 Å². The third kappa shape index (κ3) is 4.51. The molecule has 0 aliphatic rings. The standard InChI is InChI=1S/C12H14F4N2O/c1-2-7(17)5-11(19)18-8-3-4-10(13)9(6-8)12(14,15)16/h3-4,6-7H,2,5,17H2,1H3,(H,18,19). The second-order valence-corrected chi connectivity index (χ2v) is 4.11. The molecule has 3 N–H and O–H groups in total. The number of rotatable bonds is 4. The molecule has 0 bridgehead atoms. The lowest BCUT2D eigenvalue weighted by atomic mass is 10.1. The maximum absolute atomic E-state index is 13.0. The molecule has 0 aromatic heterocycles. The first-order valence-electron chi connectivity index (χ1n) is 5.66. The molecule has 1 rings (SSSR count). The van der Waals surface area contributed by atoms with E-state index in [2.05, 4.69) is 5.32 Å². The van der Waals surface area contributed by atoms with E-state index in [-0.39, 0.29) is 18.2 Å². The number of anilines is 1. The molecular weight excluding hydrogens is 264 g/mol. The molecular formula is C12H14F4N2O. The number of carbonyl (C=O) groups excluding carboxylic acids is 1. The highest BCUT2D eigenvalue weighted by Gasteiger charge is 2.34. The van der Waals surface area contributed by atoms with Crippen molar-refractivity contribution in [1.82, 2.24) is 0 Å². The SMILES string of the molecule is CCC(N)CC(=O)Nc1ccc(F)c(C(F)(F)F)c1.